The lowest BCUT2D eigenvalue weighted by molar-refractivity contribution is 0.288. The molecule has 0 N–H and O–H groups in total. The molecule has 0 radical (unpaired) electrons. The zero-order valence-corrected chi connectivity index (χ0v) is 14.5. The number of methoxy groups -OCH3 is 1. The Morgan fingerprint density at radius 2 is 2.12 bits per heavy atom. The molecule has 134 valence electrons. The Balaban J connectivity index is 1.70. The van der Waals surface area contributed by atoms with E-state index in [1.165, 1.54) is 23.5 Å². The van der Waals surface area contributed by atoms with Gasteiger partial charge in [-0.05, 0) is 43.9 Å². The van der Waals surface area contributed by atoms with E-state index in [-0.39, 0.29) is 10.6 Å². The summed E-state index contributed by atoms with van der Waals surface area (Å²) in [5.74, 6) is 0.744. The quantitative estimate of drug-likeness (QED) is 0.808. The van der Waals surface area contributed by atoms with Crippen LogP contribution in [0, 0.1) is 5.82 Å². The highest BCUT2D eigenvalue weighted by atomic mass is 32.2. The van der Waals surface area contributed by atoms with E-state index in [1.807, 2.05) is 0 Å². The summed E-state index contributed by atoms with van der Waals surface area (Å²) >= 11 is 0. The summed E-state index contributed by atoms with van der Waals surface area (Å²) in [6.45, 7) is 0.313. The topological polar surface area (TPSA) is 85.5 Å². The van der Waals surface area contributed by atoms with E-state index in [9.17, 15) is 12.8 Å². The molecule has 2 aliphatic rings. The third-order valence-corrected chi connectivity index (χ3v) is 6.53. The fourth-order valence-corrected chi connectivity index (χ4v) is 4.96. The van der Waals surface area contributed by atoms with Crippen LogP contribution in [-0.4, -0.2) is 36.5 Å². The highest BCUT2D eigenvalue weighted by Gasteiger charge is 2.41. The molecular formula is C16H18FN3O4S. The molecule has 1 saturated heterocycles. The number of sulfonamides is 1. The Bertz CT molecular complexity index is 895. The molecule has 2 fully saturated rings. The fourth-order valence-electron chi connectivity index (χ4n) is 3.14. The largest absolute Gasteiger partial charge is 0.495 e. The van der Waals surface area contributed by atoms with Gasteiger partial charge in [-0.1, -0.05) is 5.16 Å². The number of nitrogens with zero attached hydrogens (tertiary/aromatic N) is 3. The Kier molecular flexibility index (Phi) is 3.99. The van der Waals surface area contributed by atoms with E-state index in [2.05, 4.69) is 10.1 Å². The zero-order chi connectivity index (χ0) is 17.6. The molecule has 0 bridgehead atoms. The predicted octanol–water partition coefficient (Wildman–Crippen LogP) is 2.62. The van der Waals surface area contributed by atoms with E-state index >= 15 is 0 Å². The molecule has 9 heteroatoms. The molecular weight excluding hydrogens is 349 g/mol. The van der Waals surface area contributed by atoms with Crippen LogP contribution >= 0.6 is 0 Å². The van der Waals surface area contributed by atoms with Gasteiger partial charge < -0.3 is 9.26 Å². The lowest BCUT2D eigenvalue weighted by Gasteiger charge is -2.22. The average Bonchev–Trinajstić information content (AvgIpc) is 3.12. The van der Waals surface area contributed by atoms with Gasteiger partial charge in [0.15, 0.2) is 5.82 Å². The van der Waals surface area contributed by atoms with Crippen molar-refractivity contribution in [1.29, 1.82) is 0 Å². The van der Waals surface area contributed by atoms with Crippen molar-refractivity contribution >= 4 is 10.0 Å². The molecule has 2 heterocycles. The summed E-state index contributed by atoms with van der Waals surface area (Å²) < 4.78 is 51.6. The minimum Gasteiger partial charge on any atom is -0.495 e. The van der Waals surface area contributed by atoms with Gasteiger partial charge in [-0.25, -0.2) is 12.8 Å². The minimum absolute atomic E-state index is 0.108. The van der Waals surface area contributed by atoms with Crippen LogP contribution in [0.3, 0.4) is 0 Å². The molecule has 1 aromatic carbocycles. The van der Waals surface area contributed by atoms with E-state index in [0.717, 1.165) is 18.9 Å². The van der Waals surface area contributed by atoms with Crippen molar-refractivity contribution in [3.63, 3.8) is 0 Å². The molecule has 0 spiro atoms. The summed E-state index contributed by atoms with van der Waals surface area (Å²) in [6, 6.07) is 2.93. The maximum Gasteiger partial charge on any atom is 0.247 e. The summed E-state index contributed by atoms with van der Waals surface area (Å²) in [6.07, 6.45) is 3.32. The van der Waals surface area contributed by atoms with Crippen LogP contribution in [0.1, 0.15) is 49.4 Å². The number of benzene rings is 1. The van der Waals surface area contributed by atoms with Crippen molar-refractivity contribution < 1.29 is 22.1 Å². The molecule has 1 aliphatic carbocycles. The van der Waals surface area contributed by atoms with Crippen LogP contribution in [0.4, 0.5) is 4.39 Å². The molecule has 0 amide bonds. The maximum atomic E-state index is 13.6. The summed E-state index contributed by atoms with van der Waals surface area (Å²) in [4.78, 5) is 4.19. The van der Waals surface area contributed by atoms with Crippen LogP contribution < -0.4 is 4.74 Å². The SMILES string of the molecule is COc1ccc(F)cc1S(=O)(=O)N1CCCC1c1nc(C2CC2)no1. The van der Waals surface area contributed by atoms with Crippen LogP contribution in [0.25, 0.3) is 0 Å². The van der Waals surface area contributed by atoms with E-state index in [4.69, 9.17) is 9.26 Å². The van der Waals surface area contributed by atoms with E-state index < -0.39 is 21.9 Å². The van der Waals surface area contributed by atoms with E-state index in [1.54, 1.807) is 0 Å². The molecule has 1 unspecified atom stereocenters. The lowest BCUT2D eigenvalue weighted by Crippen LogP contribution is -2.31. The van der Waals surface area contributed by atoms with Crippen molar-refractivity contribution in [3.8, 4) is 5.75 Å². The second kappa shape index (κ2) is 6.06. The van der Waals surface area contributed by atoms with Gasteiger partial charge in [0, 0.05) is 12.5 Å². The second-order valence-electron chi connectivity index (χ2n) is 6.33. The van der Waals surface area contributed by atoms with Crippen LogP contribution in [-0.2, 0) is 10.0 Å². The van der Waals surface area contributed by atoms with Gasteiger partial charge in [0.2, 0.25) is 15.9 Å². The molecule has 25 heavy (non-hydrogen) atoms. The molecule has 1 atom stereocenters. The molecule has 1 aromatic heterocycles. The van der Waals surface area contributed by atoms with Gasteiger partial charge in [0.1, 0.15) is 22.5 Å². The Morgan fingerprint density at radius 1 is 1.32 bits per heavy atom. The highest BCUT2D eigenvalue weighted by Crippen LogP contribution is 2.41. The third kappa shape index (κ3) is 2.91. The monoisotopic (exact) mass is 367 g/mol. The summed E-state index contributed by atoms with van der Waals surface area (Å²) in [5, 5.41) is 3.97. The summed E-state index contributed by atoms with van der Waals surface area (Å²) in [5.41, 5.74) is 0. The van der Waals surface area contributed by atoms with Crippen molar-refractivity contribution in [2.24, 2.45) is 0 Å². The maximum absolute atomic E-state index is 13.6. The lowest BCUT2D eigenvalue weighted by atomic mass is 10.2. The third-order valence-electron chi connectivity index (χ3n) is 4.60. The molecule has 1 aliphatic heterocycles. The number of ether oxygens (including phenoxy) is 1. The number of aromatic nitrogens is 2. The Labute approximate surface area is 144 Å². The molecule has 7 nitrogen and oxygen atoms in total. The first-order chi connectivity index (χ1) is 12.0. The van der Waals surface area contributed by atoms with Crippen molar-refractivity contribution in [2.75, 3.05) is 13.7 Å². The molecule has 2 aromatic rings. The van der Waals surface area contributed by atoms with Crippen LogP contribution in [0.5, 0.6) is 5.75 Å². The van der Waals surface area contributed by atoms with Gasteiger partial charge in [0.25, 0.3) is 0 Å². The standard InChI is InChI=1S/C16H18FN3O4S/c1-23-13-7-6-11(17)9-14(13)25(21,22)20-8-2-3-12(20)16-18-15(19-24-16)10-4-5-10/h6-7,9-10,12H,2-5,8H2,1H3. The van der Waals surface area contributed by atoms with Crippen molar-refractivity contribution in [3.05, 3.63) is 35.7 Å². The van der Waals surface area contributed by atoms with E-state index in [0.29, 0.717) is 37.0 Å². The normalized spacial score (nSPS) is 21.6. The predicted molar refractivity (Wildman–Crippen MR) is 85.1 cm³/mol. The van der Waals surface area contributed by atoms with Gasteiger partial charge in [0.05, 0.1) is 7.11 Å². The Morgan fingerprint density at radius 3 is 2.84 bits per heavy atom. The zero-order valence-electron chi connectivity index (χ0n) is 13.7. The van der Waals surface area contributed by atoms with Crippen molar-refractivity contribution in [1.82, 2.24) is 14.4 Å². The minimum atomic E-state index is -3.96. The number of rotatable bonds is 5. The second-order valence-corrected chi connectivity index (χ2v) is 8.19. The summed E-state index contributed by atoms with van der Waals surface area (Å²) in [7, 11) is -2.60. The molecule has 4 rings (SSSR count). The van der Waals surface area contributed by atoms with Gasteiger partial charge >= 0.3 is 0 Å². The number of hydrogen-bond donors (Lipinski definition) is 0. The average molecular weight is 367 g/mol. The number of hydrogen-bond acceptors (Lipinski definition) is 6. The van der Waals surface area contributed by atoms with Gasteiger partial charge in [-0.2, -0.15) is 9.29 Å². The van der Waals surface area contributed by atoms with Gasteiger partial charge in [-0.15, -0.1) is 0 Å². The first kappa shape index (κ1) is 16.5. The molecule has 1 saturated carbocycles. The number of halogens is 1. The van der Waals surface area contributed by atoms with Crippen LogP contribution in [0.2, 0.25) is 0 Å². The Hall–Kier alpha value is -2.00. The highest BCUT2D eigenvalue weighted by molar-refractivity contribution is 7.89. The smallest absolute Gasteiger partial charge is 0.247 e. The van der Waals surface area contributed by atoms with Crippen molar-refractivity contribution in [2.45, 2.75) is 42.5 Å². The fraction of sp³-hybridized carbons (Fsp3) is 0.500. The first-order valence-electron chi connectivity index (χ1n) is 8.19. The van der Waals surface area contributed by atoms with Gasteiger partial charge in [-0.3, -0.25) is 0 Å². The first-order valence-corrected chi connectivity index (χ1v) is 9.63. The van der Waals surface area contributed by atoms with Crippen LogP contribution in [0.15, 0.2) is 27.6 Å².